The van der Waals surface area contributed by atoms with Crippen LogP contribution in [0.5, 0.6) is 0 Å². The quantitative estimate of drug-likeness (QED) is 0.512. The molecule has 0 aliphatic carbocycles. The summed E-state index contributed by atoms with van der Waals surface area (Å²) in [5.41, 5.74) is 0. The van der Waals surface area contributed by atoms with Crippen molar-refractivity contribution in [1.29, 1.82) is 0 Å². The van der Waals surface area contributed by atoms with E-state index < -0.39 is 24.0 Å². The van der Waals surface area contributed by atoms with Gasteiger partial charge in [-0.05, 0) is 20.3 Å². The van der Waals surface area contributed by atoms with Crippen molar-refractivity contribution < 1.29 is 24.2 Å². The Morgan fingerprint density at radius 3 is 2.40 bits per heavy atom. The van der Waals surface area contributed by atoms with E-state index in [1.165, 1.54) is 12.0 Å². The molecule has 0 radical (unpaired) electrons. The van der Waals surface area contributed by atoms with Crippen LogP contribution in [-0.2, 0) is 14.3 Å². The van der Waals surface area contributed by atoms with E-state index in [2.05, 4.69) is 16.6 Å². The maximum atomic E-state index is 12.0. The first-order valence-corrected chi connectivity index (χ1v) is 6.31. The van der Waals surface area contributed by atoms with Crippen molar-refractivity contribution in [1.82, 2.24) is 10.2 Å². The average Bonchev–Trinajstić information content (AvgIpc) is 2.39. The molecule has 0 aromatic rings. The Hall–Kier alpha value is -2.05. The van der Waals surface area contributed by atoms with Gasteiger partial charge in [0, 0.05) is 19.0 Å². The van der Waals surface area contributed by atoms with Gasteiger partial charge < -0.3 is 20.1 Å². The molecule has 0 aliphatic rings. The number of carbonyl (C=O) groups excluding carboxylic acids is 2. The standard InChI is InChI=1S/C13H22N2O5/c1-5-8-15(9(2)3)13(19)14-10(12(17)18)6-7-11(16)20-4/h5,9-10H,1,6-8H2,2-4H3,(H,14,19)(H,17,18)/t10-/m1/s1. The maximum Gasteiger partial charge on any atom is 0.326 e. The summed E-state index contributed by atoms with van der Waals surface area (Å²) in [6.07, 6.45) is 1.47. The lowest BCUT2D eigenvalue weighted by atomic mass is 10.1. The SMILES string of the molecule is C=CCN(C(=O)N[C@H](CCC(=O)OC)C(=O)O)C(C)C. The molecule has 0 saturated heterocycles. The minimum atomic E-state index is -1.19. The van der Waals surface area contributed by atoms with Crippen LogP contribution in [0.15, 0.2) is 12.7 Å². The number of hydrogen-bond acceptors (Lipinski definition) is 4. The zero-order valence-electron chi connectivity index (χ0n) is 12.1. The summed E-state index contributed by atoms with van der Waals surface area (Å²) in [6, 6.07) is -1.73. The predicted octanol–water partition coefficient (Wildman–Crippen LogP) is 0.999. The van der Waals surface area contributed by atoms with Crippen molar-refractivity contribution in [3.63, 3.8) is 0 Å². The Morgan fingerprint density at radius 1 is 1.40 bits per heavy atom. The summed E-state index contributed by atoms with van der Waals surface area (Å²) in [5.74, 6) is -1.71. The van der Waals surface area contributed by atoms with E-state index in [-0.39, 0.29) is 18.9 Å². The Balaban J connectivity index is 4.64. The second-order valence-electron chi connectivity index (χ2n) is 4.49. The summed E-state index contributed by atoms with van der Waals surface area (Å²) >= 11 is 0. The molecule has 2 amide bonds. The van der Waals surface area contributed by atoms with Gasteiger partial charge in [-0.15, -0.1) is 6.58 Å². The normalized spacial score (nSPS) is 11.6. The van der Waals surface area contributed by atoms with Gasteiger partial charge in [0.1, 0.15) is 6.04 Å². The van der Waals surface area contributed by atoms with Gasteiger partial charge in [-0.1, -0.05) is 6.08 Å². The van der Waals surface area contributed by atoms with E-state index in [0.29, 0.717) is 6.54 Å². The van der Waals surface area contributed by atoms with Crippen LogP contribution in [-0.4, -0.2) is 53.7 Å². The first kappa shape index (κ1) is 17.9. The van der Waals surface area contributed by atoms with E-state index in [9.17, 15) is 14.4 Å². The molecule has 0 fully saturated rings. The van der Waals surface area contributed by atoms with Gasteiger partial charge in [0.05, 0.1) is 7.11 Å². The number of nitrogens with one attached hydrogen (secondary N) is 1. The Bertz CT molecular complexity index is 368. The number of rotatable bonds is 8. The van der Waals surface area contributed by atoms with E-state index in [4.69, 9.17) is 5.11 Å². The zero-order chi connectivity index (χ0) is 15.7. The van der Waals surface area contributed by atoms with Crippen molar-refractivity contribution in [3.8, 4) is 0 Å². The van der Waals surface area contributed by atoms with E-state index in [0.717, 1.165) is 0 Å². The van der Waals surface area contributed by atoms with Crippen molar-refractivity contribution in [2.45, 2.75) is 38.8 Å². The van der Waals surface area contributed by atoms with Gasteiger partial charge in [0.2, 0.25) is 0 Å². The lowest BCUT2D eigenvalue weighted by Crippen LogP contribution is -2.50. The van der Waals surface area contributed by atoms with Crippen LogP contribution in [0.2, 0.25) is 0 Å². The van der Waals surface area contributed by atoms with Gasteiger partial charge in [-0.3, -0.25) is 4.79 Å². The molecule has 7 heteroatoms. The van der Waals surface area contributed by atoms with Crippen LogP contribution in [0.25, 0.3) is 0 Å². The number of amides is 2. The topological polar surface area (TPSA) is 95.9 Å². The van der Waals surface area contributed by atoms with Crippen LogP contribution in [0.3, 0.4) is 0 Å². The summed E-state index contributed by atoms with van der Waals surface area (Å²) in [6.45, 7) is 7.49. The van der Waals surface area contributed by atoms with E-state index in [1.807, 2.05) is 13.8 Å². The van der Waals surface area contributed by atoms with Gasteiger partial charge in [-0.2, -0.15) is 0 Å². The Labute approximate surface area is 118 Å². The van der Waals surface area contributed by atoms with Gasteiger partial charge in [0.25, 0.3) is 0 Å². The highest BCUT2D eigenvalue weighted by atomic mass is 16.5. The molecule has 0 aromatic carbocycles. The van der Waals surface area contributed by atoms with E-state index in [1.54, 1.807) is 6.08 Å². The lowest BCUT2D eigenvalue weighted by molar-refractivity contribution is -0.142. The Kier molecular flexibility index (Phi) is 8.03. The third-order valence-electron chi connectivity index (χ3n) is 2.67. The van der Waals surface area contributed by atoms with Crippen LogP contribution >= 0.6 is 0 Å². The highest BCUT2D eigenvalue weighted by Gasteiger charge is 2.24. The van der Waals surface area contributed by atoms with Gasteiger partial charge in [0.15, 0.2) is 0 Å². The fraction of sp³-hybridized carbons (Fsp3) is 0.615. The third-order valence-corrected chi connectivity index (χ3v) is 2.67. The first-order chi connectivity index (χ1) is 9.33. The number of aliphatic carboxylic acids is 1. The van der Waals surface area contributed by atoms with Crippen LogP contribution in [0.1, 0.15) is 26.7 Å². The molecule has 0 rings (SSSR count). The van der Waals surface area contributed by atoms with Crippen LogP contribution in [0.4, 0.5) is 4.79 Å². The van der Waals surface area contributed by atoms with Crippen LogP contribution in [0, 0.1) is 0 Å². The molecule has 0 spiro atoms. The second-order valence-corrected chi connectivity index (χ2v) is 4.49. The molecule has 0 heterocycles. The van der Waals surface area contributed by atoms with Crippen molar-refractivity contribution in [2.75, 3.05) is 13.7 Å². The fourth-order valence-electron chi connectivity index (χ4n) is 1.52. The minimum absolute atomic E-state index is 0.0201. The number of methoxy groups -OCH3 is 1. The molecular weight excluding hydrogens is 264 g/mol. The smallest absolute Gasteiger partial charge is 0.326 e. The van der Waals surface area contributed by atoms with Gasteiger partial charge in [-0.25, -0.2) is 9.59 Å². The highest BCUT2D eigenvalue weighted by molar-refractivity contribution is 5.83. The molecule has 20 heavy (non-hydrogen) atoms. The summed E-state index contributed by atoms with van der Waals surface area (Å²) in [5, 5.41) is 11.4. The monoisotopic (exact) mass is 286 g/mol. The highest BCUT2D eigenvalue weighted by Crippen LogP contribution is 2.04. The number of nitrogens with zero attached hydrogens (tertiary/aromatic N) is 1. The van der Waals surface area contributed by atoms with Crippen molar-refractivity contribution in [3.05, 3.63) is 12.7 Å². The number of carboxylic acid groups (broad SMARTS) is 1. The molecule has 0 aromatic heterocycles. The zero-order valence-corrected chi connectivity index (χ0v) is 12.1. The number of hydrogen-bond donors (Lipinski definition) is 2. The number of carboxylic acids is 1. The molecule has 0 aliphatic heterocycles. The molecule has 2 N–H and O–H groups in total. The number of carbonyl (C=O) groups is 3. The molecule has 7 nitrogen and oxygen atoms in total. The molecule has 0 unspecified atom stereocenters. The fourth-order valence-corrected chi connectivity index (χ4v) is 1.52. The number of ether oxygens (including phenoxy) is 1. The summed E-state index contributed by atoms with van der Waals surface area (Å²) in [4.78, 5) is 35.5. The maximum absolute atomic E-state index is 12.0. The molecule has 114 valence electrons. The van der Waals surface area contributed by atoms with Crippen molar-refractivity contribution in [2.24, 2.45) is 0 Å². The lowest BCUT2D eigenvalue weighted by Gasteiger charge is -2.27. The molecule has 0 saturated carbocycles. The van der Waals surface area contributed by atoms with Gasteiger partial charge >= 0.3 is 18.0 Å². The molecule has 0 bridgehead atoms. The minimum Gasteiger partial charge on any atom is -0.480 e. The van der Waals surface area contributed by atoms with E-state index >= 15 is 0 Å². The molecular formula is C13H22N2O5. The number of esters is 1. The average molecular weight is 286 g/mol. The number of urea groups is 1. The second kappa shape index (κ2) is 8.95. The van der Waals surface area contributed by atoms with Crippen LogP contribution < -0.4 is 5.32 Å². The predicted molar refractivity (Wildman–Crippen MR) is 73.2 cm³/mol. The first-order valence-electron chi connectivity index (χ1n) is 6.31. The third kappa shape index (κ3) is 6.21. The Morgan fingerprint density at radius 2 is 2.00 bits per heavy atom. The summed E-state index contributed by atoms with van der Waals surface area (Å²) < 4.78 is 4.44. The summed E-state index contributed by atoms with van der Waals surface area (Å²) in [7, 11) is 1.22. The largest absolute Gasteiger partial charge is 0.480 e. The van der Waals surface area contributed by atoms with Crippen molar-refractivity contribution >= 4 is 18.0 Å². The molecule has 1 atom stereocenters.